The van der Waals surface area contributed by atoms with Crippen LogP contribution in [0.25, 0.3) is 10.4 Å². The number of esters is 1. The molecular formula is C14H20N4O3. The minimum Gasteiger partial charge on any atom is -0.508 e. The van der Waals surface area contributed by atoms with E-state index in [2.05, 4.69) is 15.3 Å². The van der Waals surface area contributed by atoms with Crippen molar-refractivity contribution >= 4 is 5.97 Å². The van der Waals surface area contributed by atoms with Gasteiger partial charge >= 0.3 is 5.97 Å². The van der Waals surface area contributed by atoms with Crippen LogP contribution in [0.5, 0.6) is 5.75 Å². The molecular weight excluding hydrogens is 272 g/mol. The van der Waals surface area contributed by atoms with E-state index in [1.54, 1.807) is 19.1 Å². The largest absolute Gasteiger partial charge is 0.508 e. The van der Waals surface area contributed by atoms with Crippen molar-refractivity contribution in [2.75, 3.05) is 19.7 Å². The number of benzene rings is 1. The number of carbonyl (C=O) groups is 1. The Morgan fingerprint density at radius 3 is 2.62 bits per heavy atom. The van der Waals surface area contributed by atoms with E-state index in [1.165, 1.54) is 12.1 Å². The van der Waals surface area contributed by atoms with Gasteiger partial charge in [0.15, 0.2) is 0 Å². The SMILES string of the molecule is CCOC(=O)C(CC)(NCCN=[N+]=[N-])c1ccc(O)cc1. The van der Waals surface area contributed by atoms with Crippen LogP contribution in [0.1, 0.15) is 25.8 Å². The number of rotatable bonds is 8. The molecule has 1 atom stereocenters. The van der Waals surface area contributed by atoms with E-state index >= 15 is 0 Å². The fraction of sp³-hybridized carbons (Fsp3) is 0.500. The van der Waals surface area contributed by atoms with Crippen LogP contribution in [0, 0.1) is 0 Å². The first-order valence-corrected chi connectivity index (χ1v) is 6.83. The minimum atomic E-state index is -1.02. The molecule has 1 unspecified atom stereocenters. The Morgan fingerprint density at radius 2 is 2.10 bits per heavy atom. The highest BCUT2D eigenvalue weighted by molar-refractivity contribution is 5.82. The lowest BCUT2D eigenvalue weighted by Gasteiger charge is -2.32. The Bertz CT molecular complexity index is 511. The van der Waals surface area contributed by atoms with Gasteiger partial charge in [-0.3, -0.25) is 5.32 Å². The van der Waals surface area contributed by atoms with E-state index in [0.29, 0.717) is 18.5 Å². The van der Waals surface area contributed by atoms with Crippen molar-refractivity contribution in [3.05, 3.63) is 40.3 Å². The summed E-state index contributed by atoms with van der Waals surface area (Å²) in [5.41, 5.74) is 7.98. The maximum atomic E-state index is 12.4. The van der Waals surface area contributed by atoms with Crippen LogP contribution in [0.15, 0.2) is 29.4 Å². The zero-order valence-electron chi connectivity index (χ0n) is 12.2. The number of phenolic OH excluding ortho intramolecular Hbond substituents is 1. The van der Waals surface area contributed by atoms with Crippen molar-refractivity contribution < 1.29 is 14.6 Å². The molecule has 0 bridgehead atoms. The van der Waals surface area contributed by atoms with Crippen LogP contribution < -0.4 is 5.32 Å². The van der Waals surface area contributed by atoms with E-state index < -0.39 is 5.54 Å². The maximum Gasteiger partial charge on any atom is 0.330 e. The number of hydrogen-bond donors (Lipinski definition) is 2. The van der Waals surface area contributed by atoms with Crippen molar-refractivity contribution in [1.82, 2.24) is 5.32 Å². The average molecular weight is 292 g/mol. The van der Waals surface area contributed by atoms with Crippen molar-refractivity contribution in [2.24, 2.45) is 5.11 Å². The lowest BCUT2D eigenvalue weighted by Crippen LogP contribution is -2.50. The molecule has 0 spiro atoms. The van der Waals surface area contributed by atoms with Gasteiger partial charge in [-0.2, -0.15) is 0 Å². The molecule has 7 heteroatoms. The molecule has 0 saturated heterocycles. The molecule has 1 aromatic rings. The Balaban J connectivity index is 3.08. The summed E-state index contributed by atoms with van der Waals surface area (Å²) >= 11 is 0. The molecule has 0 aliphatic carbocycles. The molecule has 114 valence electrons. The van der Waals surface area contributed by atoms with Gasteiger partial charge in [0.2, 0.25) is 0 Å². The van der Waals surface area contributed by atoms with Crippen molar-refractivity contribution in [2.45, 2.75) is 25.8 Å². The Kier molecular flexibility index (Phi) is 6.52. The molecule has 0 fully saturated rings. The van der Waals surface area contributed by atoms with Crippen LogP contribution in [0.4, 0.5) is 0 Å². The van der Waals surface area contributed by atoms with Gasteiger partial charge in [-0.15, -0.1) is 0 Å². The molecule has 21 heavy (non-hydrogen) atoms. The summed E-state index contributed by atoms with van der Waals surface area (Å²) in [5.74, 6) is -0.263. The summed E-state index contributed by atoms with van der Waals surface area (Å²) in [6.07, 6.45) is 0.465. The van der Waals surface area contributed by atoms with Gasteiger partial charge in [0, 0.05) is 18.0 Å². The quantitative estimate of drug-likeness (QED) is 0.252. The highest BCUT2D eigenvalue weighted by atomic mass is 16.5. The number of ether oxygens (including phenoxy) is 1. The normalized spacial score (nSPS) is 13.0. The van der Waals surface area contributed by atoms with Gasteiger partial charge in [-0.05, 0) is 36.6 Å². The van der Waals surface area contributed by atoms with Crippen molar-refractivity contribution in [1.29, 1.82) is 0 Å². The Labute approximate surface area is 123 Å². The van der Waals surface area contributed by atoms with Gasteiger partial charge in [-0.25, -0.2) is 4.79 Å². The van der Waals surface area contributed by atoms with Crippen LogP contribution in [-0.2, 0) is 15.1 Å². The molecule has 0 aliphatic heterocycles. The fourth-order valence-corrected chi connectivity index (χ4v) is 2.13. The third kappa shape index (κ3) is 4.11. The molecule has 1 aromatic carbocycles. The number of nitrogens with zero attached hydrogens (tertiary/aromatic N) is 3. The first-order chi connectivity index (χ1) is 10.1. The summed E-state index contributed by atoms with van der Waals surface area (Å²) in [6.45, 7) is 4.46. The van der Waals surface area contributed by atoms with E-state index in [1.807, 2.05) is 6.92 Å². The number of nitrogens with one attached hydrogen (secondary N) is 1. The summed E-state index contributed by atoms with van der Waals surface area (Å²) < 4.78 is 5.17. The molecule has 1 rings (SSSR count). The second-order valence-corrected chi connectivity index (χ2v) is 4.41. The van der Waals surface area contributed by atoms with Gasteiger partial charge < -0.3 is 9.84 Å². The van der Waals surface area contributed by atoms with E-state index in [9.17, 15) is 9.90 Å². The molecule has 2 N–H and O–H groups in total. The topological polar surface area (TPSA) is 107 Å². The first-order valence-electron chi connectivity index (χ1n) is 6.83. The van der Waals surface area contributed by atoms with Gasteiger partial charge in [0.25, 0.3) is 0 Å². The van der Waals surface area contributed by atoms with Crippen LogP contribution in [0.3, 0.4) is 0 Å². The van der Waals surface area contributed by atoms with Gasteiger partial charge in [0.1, 0.15) is 11.3 Å². The minimum absolute atomic E-state index is 0.127. The molecule has 7 nitrogen and oxygen atoms in total. The second-order valence-electron chi connectivity index (χ2n) is 4.41. The monoisotopic (exact) mass is 292 g/mol. The van der Waals surface area contributed by atoms with Crippen LogP contribution in [0.2, 0.25) is 0 Å². The van der Waals surface area contributed by atoms with E-state index in [0.717, 1.165) is 0 Å². The van der Waals surface area contributed by atoms with Crippen molar-refractivity contribution in [3.63, 3.8) is 0 Å². The molecule has 0 radical (unpaired) electrons. The van der Waals surface area contributed by atoms with Crippen LogP contribution >= 0.6 is 0 Å². The smallest absolute Gasteiger partial charge is 0.330 e. The standard InChI is InChI=1S/C14H20N4O3/c1-3-14(13(20)21-4-2,16-9-10-17-18-15)11-5-7-12(19)8-6-11/h5-8,16,19H,3-4,9-10H2,1-2H3. The summed E-state index contributed by atoms with van der Waals surface area (Å²) in [4.78, 5) is 15.1. The fourth-order valence-electron chi connectivity index (χ4n) is 2.13. The zero-order chi connectivity index (χ0) is 15.7. The second kappa shape index (κ2) is 8.14. The zero-order valence-corrected chi connectivity index (χ0v) is 12.2. The van der Waals surface area contributed by atoms with Gasteiger partial charge in [0.05, 0.1) is 6.61 Å². The molecule has 0 saturated carbocycles. The highest BCUT2D eigenvalue weighted by Crippen LogP contribution is 2.28. The van der Waals surface area contributed by atoms with Gasteiger partial charge in [-0.1, -0.05) is 24.2 Å². The highest BCUT2D eigenvalue weighted by Gasteiger charge is 2.39. The van der Waals surface area contributed by atoms with Crippen LogP contribution in [-0.4, -0.2) is 30.8 Å². The lowest BCUT2D eigenvalue weighted by atomic mass is 9.87. The number of hydrogen-bond acceptors (Lipinski definition) is 5. The molecule has 0 aliphatic rings. The number of carbonyl (C=O) groups excluding carboxylic acids is 1. The Morgan fingerprint density at radius 1 is 1.43 bits per heavy atom. The summed E-state index contributed by atoms with van der Waals surface area (Å²) in [6, 6.07) is 6.40. The molecule has 0 heterocycles. The summed E-state index contributed by atoms with van der Waals surface area (Å²) in [7, 11) is 0. The number of azide groups is 1. The molecule has 0 amide bonds. The maximum absolute atomic E-state index is 12.4. The predicted molar refractivity (Wildman–Crippen MR) is 78.7 cm³/mol. The number of aromatic hydroxyl groups is 1. The summed E-state index contributed by atoms with van der Waals surface area (Å²) in [5, 5.41) is 16.0. The lowest BCUT2D eigenvalue weighted by molar-refractivity contribution is -0.152. The average Bonchev–Trinajstić information content (AvgIpc) is 2.49. The van der Waals surface area contributed by atoms with E-state index in [-0.39, 0.29) is 24.9 Å². The third-order valence-corrected chi connectivity index (χ3v) is 3.22. The van der Waals surface area contributed by atoms with Crippen molar-refractivity contribution in [3.8, 4) is 5.75 Å². The van der Waals surface area contributed by atoms with E-state index in [4.69, 9.17) is 10.3 Å². The Hall–Kier alpha value is -2.24. The number of phenols is 1. The third-order valence-electron chi connectivity index (χ3n) is 3.22. The molecule has 0 aromatic heterocycles. The first kappa shape index (κ1) is 16.8. The predicted octanol–water partition coefficient (Wildman–Crippen LogP) is 2.46.